The number of pyridine rings is 1. The predicted molar refractivity (Wildman–Crippen MR) is 104 cm³/mol. The maximum atomic E-state index is 15.1. The molecule has 1 fully saturated rings. The van der Waals surface area contributed by atoms with Crippen LogP contribution in [-0.2, 0) is 0 Å². The average Bonchev–Trinajstić information content (AvgIpc) is 3.27. The summed E-state index contributed by atoms with van der Waals surface area (Å²) in [6, 6.07) is 1.48. The normalized spacial score (nSPS) is 22.0. The zero-order valence-electron chi connectivity index (χ0n) is 15.0. The third kappa shape index (κ3) is 2.21. The summed E-state index contributed by atoms with van der Waals surface area (Å²) in [5.74, 6) is -0.0850. The minimum absolute atomic E-state index is 0.0727. The second-order valence-corrected chi connectivity index (χ2v) is 8.02. The van der Waals surface area contributed by atoms with E-state index >= 15 is 4.39 Å². The lowest BCUT2D eigenvalue weighted by atomic mass is 10.1. The highest BCUT2D eigenvalue weighted by Crippen LogP contribution is 2.43. The molecule has 0 radical (unpaired) electrons. The van der Waals surface area contributed by atoms with Crippen molar-refractivity contribution >= 4 is 38.3 Å². The van der Waals surface area contributed by atoms with E-state index in [1.807, 2.05) is 23.4 Å². The molecule has 2 aliphatic rings. The fourth-order valence-electron chi connectivity index (χ4n) is 4.25. The van der Waals surface area contributed by atoms with Gasteiger partial charge in [0.2, 0.25) is 5.43 Å². The quantitative estimate of drug-likeness (QED) is 0.698. The Bertz CT molecular complexity index is 1200. The van der Waals surface area contributed by atoms with Crippen LogP contribution >= 0.6 is 11.5 Å². The van der Waals surface area contributed by atoms with Crippen LogP contribution in [-0.4, -0.2) is 41.7 Å². The Morgan fingerprint density at radius 1 is 1.41 bits per heavy atom. The van der Waals surface area contributed by atoms with Gasteiger partial charge in [-0.1, -0.05) is 0 Å². The average molecular weight is 390 g/mol. The molecule has 1 aromatic carbocycles. The number of halogens is 1. The summed E-state index contributed by atoms with van der Waals surface area (Å²) in [6.45, 7) is 3.71. The highest BCUT2D eigenvalue weighted by atomic mass is 32.1. The van der Waals surface area contributed by atoms with Crippen LogP contribution in [0.2, 0.25) is 0 Å². The smallest absolute Gasteiger partial charge is 0.271 e. The van der Waals surface area contributed by atoms with Crippen molar-refractivity contribution in [1.29, 1.82) is 0 Å². The van der Waals surface area contributed by atoms with Crippen molar-refractivity contribution in [2.45, 2.75) is 25.4 Å². The summed E-state index contributed by atoms with van der Waals surface area (Å²) in [4.78, 5) is 27.6. The lowest BCUT2D eigenvalue weighted by Gasteiger charge is -2.31. The molecule has 2 atom stereocenters. The number of aromatic amines is 1. The van der Waals surface area contributed by atoms with Gasteiger partial charge < -0.3 is 19.5 Å². The van der Waals surface area contributed by atoms with E-state index in [0.717, 1.165) is 18.0 Å². The Hall–Kier alpha value is -2.39. The van der Waals surface area contributed by atoms with E-state index in [1.54, 1.807) is 0 Å². The summed E-state index contributed by atoms with van der Waals surface area (Å²) >= 11 is 1.14. The van der Waals surface area contributed by atoms with E-state index in [-0.39, 0.29) is 22.9 Å². The first-order valence-electron chi connectivity index (χ1n) is 8.98. The number of rotatable bonds is 2. The highest BCUT2D eigenvalue weighted by Gasteiger charge is 2.33. The van der Waals surface area contributed by atoms with Gasteiger partial charge in [0.05, 0.1) is 16.9 Å². The Morgan fingerprint density at radius 3 is 2.96 bits per heavy atom. The Balaban J connectivity index is 1.89. The molecule has 2 N–H and O–H groups in total. The third-order valence-corrected chi connectivity index (χ3v) is 6.50. The number of H-pyrrole nitrogens is 1. The van der Waals surface area contributed by atoms with Crippen LogP contribution in [0.4, 0.5) is 10.1 Å². The Labute approximate surface area is 157 Å². The van der Waals surface area contributed by atoms with E-state index in [2.05, 4.69) is 9.69 Å². The van der Waals surface area contributed by atoms with E-state index < -0.39 is 16.8 Å². The maximum absolute atomic E-state index is 15.1. The predicted octanol–water partition coefficient (Wildman–Crippen LogP) is 1.80. The molecular formula is C18H19FN4O3S. The van der Waals surface area contributed by atoms with Crippen molar-refractivity contribution in [3.63, 3.8) is 0 Å². The van der Waals surface area contributed by atoms with Crippen LogP contribution in [0.25, 0.3) is 21.1 Å². The van der Waals surface area contributed by atoms with Gasteiger partial charge in [0.25, 0.3) is 5.56 Å². The lowest BCUT2D eigenvalue weighted by Crippen LogP contribution is -2.31. The van der Waals surface area contributed by atoms with Gasteiger partial charge in [0.15, 0.2) is 11.6 Å². The van der Waals surface area contributed by atoms with Crippen LogP contribution in [0.1, 0.15) is 19.4 Å². The van der Waals surface area contributed by atoms with Gasteiger partial charge >= 0.3 is 0 Å². The molecule has 0 aliphatic carbocycles. The summed E-state index contributed by atoms with van der Waals surface area (Å²) in [7, 11) is 1.90. The van der Waals surface area contributed by atoms with E-state index in [4.69, 9.17) is 4.74 Å². The highest BCUT2D eigenvalue weighted by molar-refractivity contribution is 7.12. The number of anilines is 1. The fourth-order valence-corrected chi connectivity index (χ4v) is 5.20. The van der Waals surface area contributed by atoms with Crippen molar-refractivity contribution in [2.75, 3.05) is 31.6 Å². The first kappa shape index (κ1) is 16.8. The molecule has 3 aromatic rings. The van der Waals surface area contributed by atoms with E-state index in [9.17, 15) is 9.59 Å². The minimum atomic E-state index is -0.488. The maximum Gasteiger partial charge on any atom is 0.271 e. The number of nitrogens with zero attached hydrogens (tertiary/aromatic N) is 2. The van der Waals surface area contributed by atoms with Gasteiger partial charge in [-0.2, -0.15) is 0 Å². The second-order valence-electron chi connectivity index (χ2n) is 7.23. The molecule has 5 rings (SSSR count). The largest absolute Gasteiger partial charge is 0.487 e. The first-order valence-corrected chi connectivity index (χ1v) is 9.79. The van der Waals surface area contributed by atoms with Crippen LogP contribution in [0.15, 0.2) is 15.7 Å². The Morgan fingerprint density at radius 2 is 2.22 bits per heavy atom. The van der Waals surface area contributed by atoms with Gasteiger partial charge in [0.1, 0.15) is 22.5 Å². The van der Waals surface area contributed by atoms with Crippen LogP contribution in [0, 0.1) is 5.82 Å². The molecule has 0 spiro atoms. The van der Waals surface area contributed by atoms with Crippen molar-refractivity contribution in [3.05, 3.63) is 32.5 Å². The lowest BCUT2D eigenvalue weighted by molar-refractivity contribution is 0.250. The molecule has 27 heavy (non-hydrogen) atoms. The van der Waals surface area contributed by atoms with E-state index in [0.29, 0.717) is 41.5 Å². The number of likely N-dealkylation sites (N-methyl/N-ethyl adjacent to an activating group) is 1. The van der Waals surface area contributed by atoms with Crippen molar-refractivity contribution in [3.8, 4) is 5.75 Å². The summed E-state index contributed by atoms with van der Waals surface area (Å²) in [6.07, 6.45) is 0.912. The molecule has 9 heteroatoms. The molecule has 2 aromatic heterocycles. The Kier molecular flexibility index (Phi) is 3.60. The number of hydrogen-bond donors (Lipinski definition) is 2. The molecule has 7 nitrogen and oxygen atoms in total. The van der Waals surface area contributed by atoms with Crippen LogP contribution in [0.3, 0.4) is 0 Å². The number of hydrogen-bond acceptors (Lipinski definition) is 6. The van der Waals surface area contributed by atoms with Crippen molar-refractivity contribution in [2.24, 2.45) is 0 Å². The number of aromatic nitrogens is 2. The number of benzene rings is 1. The molecule has 0 bridgehead atoms. The van der Waals surface area contributed by atoms with Crippen LogP contribution < -0.4 is 25.9 Å². The molecular weight excluding hydrogens is 371 g/mol. The standard InChI is InChI=1S/C18H19FN4O3S/c1-8-7-26-16-13-10(15(24)12-17(25)21-27-18(12)23(8)13)5-11(19)14(16)22-4-3-9(6-22)20-2/h5,8-9,20H,3-4,6-7H2,1-2H3,(H,21,25). The van der Waals surface area contributed by atoms with Crippen LogP contribution in [0.5, 0.6) is 5.75 Å². The summed E-state index contributed by atoms with van der Waals surface area (Å²) in [5, 5.41) is 3.52. The fraction of sp³-hybridized carbons (Fsp3) is 0.444. The molecule has 1 saturated heterocycles. The summed E-state index contributed by atoms with van der Waals surface area (Å²) < 4.78 is 25.7. The number of fused-ring (bicyclic) bond motifs is 2. The number of ether oxygens (including phenoxy) is 1. The second kappa shape index (κ2) is 5.80. The third-order valence-electron chi connectivity index (χ3n) is 5.62. The molecule has 0 amide bonds. The monoisotopic (exact) mass is 390 g/mol. The SMILES string of the molecule is CNC1CCN(c2c(F)cc3c(=O)c4c(=O)[nH]sc4n4c3c2OCC4C)C1. The molecule has 0 saturated carbocycles. The minimum Gasteiger partial charge on any atom is -0.487 e. The zero-order valence-corrected chi connectivity index (χ0v) is 15.8. The molecule has 2 unspecified atom stereocenters. The number of nitrogens with one attached hydrogen (secondary N) is 2. The molecule has 2 aliphatic heterocycles. The summed E-state index contributed by atoms with van der Waals surface area (Å²) in [5.41, 5.74) is 0.109. The van der Waals surface area contributed by atoms with E-state index in [1.165, 1.54) is 6.07 Å². The van der Waals surface area contributed by atoms with Crippen molar-refractivity contribution < 1.29 is 9.13 Å². The van der Waals surface area contributed by atoms with Gasteiger partial charge in [-0.3, -0.25) is 14.0 Å². The van der Waals surface area contributed by atoms with Gasteiger partial charge in [-0.25, -0.2) is 4.39 Å². The topological polar surface area (TPSA) is 79.4 Å². The molecule has 4 heterocycles. The van der Waals surface area contributed by atoms with Gasteiger partial charge in [-0.15, -0.1) is 0 Å². The van der Waals surface area contributed by atoms with Crippen molar-refractivity contribution in [1.82, 2.24) is 14.3 Å². The molecule has 142 valence electrons. The van der Waals surface area contributed by atoms with Gasteiger partial charge in [0, 0.05) is 19.1 Å². The van der Waals surface area contributed by atoms with Gasteiger partial charge in [-0.05, 0) is 38.0 Å². The zero-order chi connectivity index (χ0) is 18.9. The first-order chi connectivity index (χ1) is 13.0.